The summed E-state index contributed by atoms with van der Waals surface area (Å²) in [4.78, 5) is 22.0. The van der Waals surface area contributed by atoms with Crippen molar-refractivity contribution in [1.29, 1.82) is 0 Å². The number of hydrogen-bond donors (Lipinski definition) is 3. The molecule has 5 nitrogen and oxygen atoms in total. The number of carboxylic acids is 1. The van der Waals surface area contributed by atoms with Gasteiger partial charge in [-0.3, -0.25) is 4.79 Å². The van der Waals surface area contributed by atoms with Crippen LogP contribution in [0.2, 0.25) is 0 Å². The Labute approximate surface area is 82.1 Å². The highest BCUT2D eigenvalue weighted by molar-refractivity contribution is 5.85. The minimum Gasteiger partial charge on any atom is -0.480 e. The summed E-state index contributed by atoms with van der Waals surface area (Å²) in [7, 11) is 0. The van der Waals surface area contributed by atoms with Crippen molar-refractivity contribution >= 4 is 11.9 Å². The maximum atomic E-state index is 11.4. The van der Waals surface area contributed by atoms with Gasteiger partial charge in [-0.2, -0.15) is 0 Å². The fraction of sp³-hybridized carbons (Fsp3) is 0.778. The van der Waals surface area contributed by atoms with Gasteiger partial charge in [-0.15, -0.1) is 0 Å². The van der Waals surface area contributed by atoms with Gasteiger partial charge in [0.25, 0.3) is 0 Å². The Kier molecular flexibility index (Phi) is 3.88. The zero-order chi connectivity index (χ0) is 10.6. The van der Waals surface area contributed by atoms with Gasteiger partial charge in [-0.25, -0.2) is 4.79 Å². The van der Waals surface area contributed by atoms with E-state index in [9.17, 15) is 9.59 Å². The van der Waals surface area contributed by atoms with Gasteiger partial charge in [-0.05, 0) is 12.8 Å². The first kappa shape index (κ1) is 11.0. The van der Waals surface area contributed by atoms with Crippen molar-refractivity contribution in [2.45, 2.75) is 31.7 Å². The average Bonchev–Trinajstić information content (AvgIpc) is 1.99. The van der Waals surface area contributed by atoms with Gasteiger partial charge >= 0.3 is 5.97 Å². The van der Waals surface area contributed by atoms with Gasteiger partial charge in [-0.1, -0.05) is 6.42 Å². The number of nitrogens with one attached hydrogen (secondary N) is 1. The Morgan fingerprint density at radius 1 is 1.43 bits per heavy atom. The first-order chi connectivity index (χ1) is 6.65. The first-order valence-electron chi connectivity index (χ1n) is 4.79. The number of rotatable bonds is 5. The quantitative estimate of drug-likeness (QED) is 0.572. The SMILES string of the molecule is O=C(NC(CCO)C(=O)O)C1CCC1. The fourth-order valence-electron chi connectivity index (χ4n) is 1.35. The second-order valence-electron chi connectivity index (χ2n) is 3.54. The van der Waals surface area contributed by atoms with Crippen LogP contribution in [0.3, 0.4) is 0 Å². The van der Waals surface area contributed by atoms with Crippen LogP contribution in [0.25, 0.3) is 0 Å². The Hall–Kier alpha value is -1.10. The van der Waals surface area contributed by atoms with E-state index in [1.807, 2.05) is 0 Å². The van der Waals surface area contributed by atoms with Gasteiger partial charge in [0, 0.05) is 18.9 Å². The molecule has 1 unspecified atom stereocenters. The third-order valence-corrected chi connectivity index (χ3v) is 2.51. The molecule has 1 saturated carbocycles. The molecule has 14 heavy (non-hydrogen) atoms. The molecule has 0 aromatic heterocycles. The molecular formula is C9H15NO4. The van der Waals surface area contributed by atoms with E-state index in [2.05, 4.69) is 5.32 Å². The lowest BCUT2D eigenvalue weighted by atomic mass is 9.84. The smallest absolute Gasteiger partial charge is 0.326 e. The zero-order valence-electron chi connectivity index (χ0n) is 7.90. The minimum atomic E-state index is -1.09. The van der Waals surface area contributed by atoms with Crippen molar-refractivity contribution in [2.75, 3.05) is 6.61 Å². The van der Waals surface area contributed by atoms with E-state index in [0.29, 0.717) is 0 Å². The van der Waals surface area contributed by atoms with E-state index in [1.165, 1.54) is 0 Å². The number of carbonyl (C=O) groups is 2. The van der Waals surface area contributed by atoms with Gasteiger partial charge in [0.05, 0.1) is 0 Å². The summed E-state index contributed by atoms with van der Waals surface area (Å²) >= 11 is 0. The molecule has 80 valence electrons. The summed E-state index contributed by atoms with van der Waals surface area (Å²) < 4.78 is 0. The molecule has 0 spiro atoms. The lowest BCUT2D eigenvalue weighted by Gasteiger charge is -2.25. The molecule has 0 heterocycles. The number of hydrogen-bond acceptors (Lipinski definition) is 3. The maximum absolute atomic E-state index is 11.4. The van der Waals surface area contributed by atoms with Gasteiger partial charge in [0.1, 0.15) is 6.04 Å². The second-order valence-corrected chi connectivity index (χ2v) is 3.54. The highest BCUT2D eigenvalue weighted by Crippen LogP contribution is 2.26. The molecule has 0 aromatic rings. The molecule has 1 aliphatic rings. The van der Waals surface area contributed by atoms with Crippen molar-refractivity contribution in [2.24, 2.45) is 5.92 Å². The van der Waals surface area contributed by atoms with E-state index < -0.39 is 12.0 Å². The zero-order valence-corrected chi connectivity index (χ0v) is 7.90. The molecule has 0 aromatic carbocycles. The Morgan fingerprint density at radius 2 is 2.07 bits per heavy atom. The third-order valence-electron chi connectivity index (χ3n) is 2.51. The predicted octanol–water partition coefficient (Wildman–Crippen LogP) is -0.262. The van der Waals surface area contributed by atoms with Crippen molar-refractivity contribution < 1.29 is 19.8 Å². The van der Waals surface area contributed by atoms with Gasteiger partial charge in [0.2, 0.25) is 5.91 Å². The number of aliphatic hydroxyl groups is 1. The standard InChI is InChI=1S/C9H15NO4/c11-5-4-7(9(13)14)10-8(12)6-2-1-3-6/h6-7,11H,1-5H2,(H,10,12)(H,13,14). The Bertz CT molecular complexity index is 225. The molecule has 1 atom stereocenters. The molecule has 1 fully saturated rings. The van der Waals surface area contributed by atoms with Gasteiger partial charge < -0.3 is 15.5 Å². The first-order valence-corrected chi connectivity index (χ1v) is 4.79. The number of carbonyl (C=O) groups excluding carboxylic acids is 1. The molecule has 0 bridgehead atoms. The molecule has 0 aliphatic heterocycles. The maximum Gasteiger partial charge on any atom is 0.326 e. The topological polar surface area (TPSA) is 86.6 Å². The fourth-order valence-corrected chi connectivity index (χ4v) is 1.35. The Balaban J connectivity index is 2.37. The predicted molar refractivity (Wildman–Crippen MR) is 48.6 cm³/mol. The second kappa shape index (κ2) is 4.95. The number of carboxylic acid groups (broad SMARTS) is 1. The molecule has 1 aliphatic carbocycles. The van der Waals surface area contributed by atoms with Crippen molar-refractivity contribution in [3.8, 4) is 0 Å². The molecule has 0 radical (unpaired) electrons. The molecule has 1 rings (SSSR count). The van der Waals surface area contributed by atoms with E-state index in [4.69, 9.17) is 10.2 Å². The van der Waals surface area contributed by atoms with Crippen LogP contribution in [0, 0.1) is 5.92 Å². The lowest BCUT2D eigenvalue weighted by Crippen LogP contribution is -2.45. The van der Waals surface area contributed by atoms with Crippen LogP contribution in [0.4, 0.5) is 0 Å². The Morgan fingerprint density at radius 3 is 2.43 bits per heavy atom. The van der Waals surface area contributed by atoms with Crippen LogP contribution < -0.4 is 5.32 Å². The van der Waals surface area contributed by atoms with Crippen LogP contribution >= 0.6 is 0 Å². The lowest BCUT2D eigenvalue weighted by molar-refractivity contribution is -0.143. The van der Waals surface area contributed by atoms with E-state index in [1.54, 1.807) is 0 Å². The van der Waals surface area contributed by atoms with Crippen LogP contribution in [-0.2, 0) is 9.59 Å². The number of aliphatic carboxylic acids is 1. The molecular weight excluding hydrogens is 186 g/mol. The average molecular weight is 201 g/mol. The van der Waals surface area contributed by atoms with Crippen LogP contribution in [0.15, 0.2) is 0 Å². The van der Waals surface area contributed by atoms with Gasteiger partial charge in [0.15, 0.2) is 0 Å². The monoisotopic (exact) mass is 201 g/mol. The summed E-state index contributed by atoms with van der Waals surface area (Å²) in [5.41, 5.74) is 0. The third kappa shape index (κ3) is 2.70. The highest BCUT2D eigenvalue weighted by atomic mass is 16.4. The summed E-state index contributed by atoms with van der Waals surface area (Å²) in [6.45, 7) is -0.234. The molecule has 5 heteroatoms. The van der Waals surface area contributed by atoms with Crippen LogP contribution in [0.1, 0.15) is 25.7 Å². The van der Waals surface area contributed by atoms with Crippen LogP contribution in [0.5, 0.6) is 0 Å². The largest absolute Gasteiger partial charge is 0.480 e. The molecule has 3 N–H and O–H groups in total. The summed E-state index contributed by atoms with van der Waals surface area (Å²) in [6.07, 6.45) is 2.79. The number of amides is 1. The summed E-state index contributed by atoms with van der Waals surface area (Å²) in [6, 6.07) is -0.951. The van der Waals surface area contributed by atoms with Crippen molar-refractivity contribution in [1.82, 2.24) is 5.32 Å². The van der Waals surface area contributed by atoms with E-state index in [-0.39, 0.29) is 24.9 Å². The molecule has 1 amide bonds. The van der Waals surface area contributed by atoms with Crippen LogP contribution in [-0.4, -0.2) is 34.7 Å². The molecule has 0 saturated heterocycles. The highest BCUT2D eigenvalue weighted by Gasteiger charge is 2.28. The summed E-state index contributed by atoms with van der Waals surface area (Å²) in [5.74, 6) is -1.31. The van der Waals surface area contributed by atoms with E-state index in [0.717, 1.165) is 19.3 Å². The summed E-state index contributed by atoms with van der Waals surface area (Å²) in [5, 5.41) is 19.7. The number of aliphatic hydroxyl groups excluding tert-OH is 1. The van der Waals surface area contributed by atoms with Crippen molar-refractivity contribution in [3.05, 3.63) is 0 Å². The normalized spacial score (nSPS) is 18.4. The van der Waals surface area contributed by atoms with E-state index >= 15 is 0 Å². The minimum absolute atomic E-state index is 0.0180. The van der Waals surface area contributed by atoms with Crippen molar-refractivity contribution in [3.63, 3.8) is 0 Å².